The second kappa shape index (κ2) is 9.11. The number of hydrogen-bond acceptors (Lipinski definition) is 4. The fourth-order valence-corrected chi connectivity index (χ4v) is 2.82. The van der Waals surface area contributed by atoms with Crippen LogP contribution in [0.4, 0.5) is 4.79 Å². The zero-order valence-corrected chi connectivity index (χ0v) is 14.8. The quantitative estimate of drug-likeness (QED) is 0.559. The van der Waals surface area contributed by atoms with E-state index in [9.17, 15) is 9.59 Å². The minimum Gasteiger partial charge on any atom is -0.494 e. The molecule has 2 N–H and O–H groups in total. The number of carbonyl (C=O) groups excluding carboxylic acids is 2. The third kappa shape index (κ3) is 4.98. The summed E-state index contributed by atoms with van der Waals surface area (Å²) in [5.74, 6) is -0.384. The van der Waals surface area contributed by atoms with Crippen molar-refractivity contribution in [3.8, 4) is 5.75 Å². The Morgan fingerprint density at radius 3 is 2.80 bits per heavy atom. The number of esters is 1. The van der Waals surface area contributed by atoms with Crippen LogP contribution >= 0.6 is 0 Å². The summed E-state index contributed by atoms with van der Waals surface area (Å²) >= 11 is 0. The van der Waals surface area contributed by atoms with Gasteiger partial charge in [-0.3, -0.25) is 4.79 Å². The molecule has 0 saturated carbocycles. The summed E-state index contributed by atoms with van der Waals surface area (Å²) in [6.07, 6.45) is 2.89. The van der Waals surface area contributed by atoms with Crippen LogP contribution in [0, 0.1) is 5.92 Å². The molecule has 1 fully saturated rings. The SMILES string of the molecule is C=C1NC(=O)N[C@H](c2cccc(OCC)c2)[C@H]1C(=O)OCCCCC. The maximum absolute atomic E-state index is 12.6. The van der Waals surface area contributed by atoms with Crippen molar-refractivity contribution in [3.05, 3.63) is 42.1 Å². The lowest BCUT2D eigenvalue weighted by molar-refractivity contribution is -0.148. The second-order valence-corrected chi connectivity index (χ2v) is 5.96. The van der Waals surface area contributed by atoms with Gasteiger partial charge in [-0.25, -0.2) is 4.79 Å². The molecule has 2 amide bonds. The van der Waals surface area contributed by atoms with Crippen LogP contribution in [-0.4, -0.2) is 25.2 Å². The van der Waals surface area contributed by atoms with Gasteiger partial charge in [-0.05, 0) is 31.0 Å². The van der Waals surface area contributed by atoms with Gasteiger partial charge in [0.05, 0.1) is 19.3 Å². The van der Waals surface area contributed by atoms with Gasteiger partial charge in [0.15, 0.2) is 0 Å². The van der Waals surface area contributed by atoms with Crippen molar-refractivity contribution in [2.45, 2.75) is 39.2 Å². The summed E-state index contributed by atoms with van der Waals surface area (Å²) in [4.78, 5) is 24.4. The number of urea groups is 1. The lowest BCUT2D eigenvalue weighted by atomic mass is 9.89. The van der Waals surface area contributed by atoms with Gasteiger partial charge in [0.25, 0.3) is 0 Å². The Bertz CT molecular complexity index is 630. The summed E-state index contributed by atoms with van der Waals surface area (Å²) in [6, 6.07) is 6.42. The molecule has 0 aliphatic carbocycles. The number of rotatable bonds is 8. The molecule has 6 heteroatoms. The van der Waals surface area contributed by atoms with Gasteiger partial charge in [0.2, 0.25) is 0 Å². The average Bonchev–Trinajstić information content (AvgIpc) is 2.58. The molecule has 1 aliphatic rings. The van der Waals surface area contributed by atoms with Gasteiger partial charge in [-0.1, -0.05) is 38.5 Å². The van der Waals surface area contributed by atoms with Crippen LogP contribution in [0.5, 0.6) is 5.75 Å². The molecule has 1 aliphatic heterocycles. The smallest absolute Gasteiger partial charge is 0.319 e. The summed E-state index contributed by atoms with van der Waals surface area (Å²) in [5, 5.41) is 5.37. The highest BCUT2D eigenvalue weighted by Gasteiger charge is 2.39. The van der Waals surface area contributed by atoms with Crippen molar-refractivity contribution < 1.29 is 19.1 Å². The van der Waals surface area contributed by atoms with Crippen LogP contribution in [0.15, 0.2) is 36.5 Å². The molecule has 1 aromatic rings. The second-order valence-electron chi connectivity index (χ2n) is 5.96. The molecular weight excluding hydrogens is 320 g/mol. The summed E-state index contributed by atoms with van der Waals surface area (Å²) in [5.41, 5.74) is 1.12. The highest BCUT2D eigenvalue weighted by molar-refractivity contribution is 5.85. The van der Waals surface area contributed by atoms with E-state index in [0.29, 0.717) is 24.7 Å². The van der Waals surface area contributed by atoms with Crippen LogP contribution in [0.3, 0.4) is 0 Å². The third-order valence-corrected chi connectivity index (χ3v) is 4.04. The molecule has 6 nitrogen and oxygen atoms in total. The molecule has 0 radical (unpaired) electrons. The van der Waals surface area contributed by atoms with Crippen molar-refractivity contribution in [2.24, 2.45) is 5.92 Å². The minimum absolute atomic E-state index is 0.344. The molecule has 1 heterocycles. The highest BCUT2D eigenvalue weighted by Crippen LogP contribution is 2.32. The molecule has 2 rings (SSSR count). The fraction of sp³-hybridized carbons (Fsp3) is 0.474. The van der Waals surface area contributed by atoms with E-state index in [1.54, 1.807) is 0 Å². The molecule has 136 valence electrons. The number of unbranched alkanes of at least 4 members (excludes halogenated alkanes) is 2. The minimum atomic E-state index is -0.684. The Hall–Kier alpha value is -2.50. The van der Waals surface area contributed by atoms with E-state index in [1.165, 1.54) is 0 Å². The first-order chi connectivity index (χ1) is 12.1. The number of benzene rings is 1. The van der Waals surface area contributed by atoms with Crippen LogP contribution in [0.2, 0.25) is 0 Å². The Labute approximate surface area is 148 Å². The normalized spacial score (nSPS) is 19.8. The summed E-state index contributed by atoms with van der Waals surface area (Å²) in [6.45, 7) is 8.74. The van der Waals surface area contributed by atoms with Crippen molar-refractivity contribution >= 4 is 12.0 Å². The van der Waals surface area contributed by atoms with E-state index in [4.69, 9.17) is 9.47 Å². The van der Waals surface area contributed by atoms with E-state index in [0.717, 1.165) is 24.8 Å². The number of amides is 2. The average molecular weight is 346 g/mol. The standard InChI is InChI=1S/C19H26N2O4/c1-4-6-7-11-25-18(22)16-13(3)20-19(23)21-17(16)14-9-8-10-15(12-14)24-5-2/h8-10,12,16-17H,3-7,11H2,1-2H3,(H2,20,21,23)/t16-,17+/m0/s1. The predicted molar refractivity (Wildman–Crippen MR) is 95.1 cm³/mol. The first kappa shape index (κ1) is 18.8. The van der Waals surface area contributed by atoms with Gasteiger partial charge in [0, 0.05) is 5.70 Å². The van der Waals surface area contributed by atoms with E-state index < -0.39 is 12.0 Å². The first-order valence-corrected chi connectivity index (χ1v) is 8.72. The van der Waals surface area contributed by atoms with E-state index in [1.807, 2.05) is 31.2 Å². The molecule has 0 aromatic heterocycles. The molecule has 0 spiro atoms. The Morgan fingerprint density at radius 1 is 1.28 bits per heavy atom. The van der Waals surface area contributed by atoms with Crippen LogP contribution in [0.25, 0.3) is 0 Å². The van der Waals surface area contributed by atoms with Crippen molar-refractivity contribution in [2.75, 3.05) is 13.2 Å². The van der Waals surface area contributed by atoms with E-state index >= 15 is 0 Å². The van der Waals surface area contributed by atoms with Gasteiger partial charge >= 0.3 is 12.0 Å². The first-order valence-electron chi connectivity index (χ1n) is 8.72. The Kier molecular flexibility index (Phi) is 6.86. The molecule has 25 heavy (non-hydrogen) atoms. The largest absolute Gasteiger partial charge is 0.494 e. The van der Waals surface area contributed by atoms with E-state index in [2.05, 4.69) is 24.1 Å². The molecular formula is C19H26N2O4. The predicted octanol–water partition coefficient (Wildman–Crippen LogP) is 3.30. The Balaban J connectivity index is 2.18. The number of ether oxygens (including phenoxy) is 2. The molecule has 0 bridgehead atoms. The van der Waals surface area contributed by atoms with Crippen LogP contribution in [-0.2, 0) is 9.53 Å². The van der Waals surface area contributed by atoms with Gasteiger partial charge < -0.3 is 20.1 Å². The monoisotopic (exact) mass is 346 g/mol. The highest BCUT2D eigenvalue weighted by atomic mass is 16.5. The molecule has 1 saturated heterocycles. The van der Waals surface area contributed by atoms with Gasteiger partial charge in [0.1, 0.15) is 11.7 Å². The number of nitrogens with one attached hydrogen (secondary N) is 2. The number of hydrogen-bond donors (Lipinski definition) is 2. The van der Waals surface area contributed by atoms with Gasteiger partial charge in [-0.15, -0.1) is 0 Å². The van der Waals surface area contributed by atoms with Crippen molar-refractivity contribution in [1.29, 1.82) is 0 Å². The zero-order valence-electron chi connectivity index (χ0n) is 14.8. The fourth-order valence-electron chi connectivity index (χ4n) is 2.82. The van der Waals surface area contributed by atoms with Crippen molar-refractivity contribution in [3.63, 3.8) is 0 Å². The van der Waals surface area contributed by atoms with Crippen LogP contribution in [0.1, 0.15) is 44.7 Å². The molecule has 2 atom stereocenters. The van der Waals surface area contributed by atoms with Crippen LogP contribution < -0.4 is 15.4 Å². The Morgan fingerprint density at radius 2 is 2.08 bits per heavy atom. The topological polar surface area (TPSA) is 76.7 Å². The lowest BCUT2D eigenvalue weighted by Crippen LogP contribution is -2.51. The molecule has 1 aromatic carbocycles. The third-order valence-electron chi connectivity index (χ3n) is 4.04. The van der Waals surface area contributed by atoms with Crippen molar-refractivity contribution in [1.82, 2.24) is 10.6 Å². The van der Waals surface area contributed by atoms with E-state index in [-0.39, 0.29) is 12.0 Å². The summed E-state index contributed by atoms with van der Waals surface area (Å²) in [7, 11) is 0. The maximum atomic E-state index is 12.6. The van der Waals surface area contributed by atoms with Gasteiger partial charge in [-0.2, -0.15) is 0 Å². The molecule has 0 unspecified atom stereocenters. The lowest BCUT2D eigenvalue weighted by Gasteiger charge is -2.33. The summed E-state index contributed by atoms with van der Waals surface area (Å²) < 4.78 is 10.9. The maximum Gasteiger partial charge on any atom is 0.319 e. The zero-order chi connectivity index (χ0) is 18.2. The number of carbonyl (C=O) groups is 2.